The van der Waals surface area contributed by atoms with Gasteiger partial charge in [-0.05, 0) is 74.0 Å². The Hall–Kier alpha value is -3.58. The second kappa shape index (κ2) is 8.41. The quantitative estimate of drug-likeness (QED) is 0.589. The molecule has 7 heteroatoms. The molecule has 1 aliphatic heterocycles. The minimum Gasteiger partial charge on any atom is -0.497 e. The lowest BCUT2D eigenvalue weighted by Crippen LogP contribution is -2.28. The summed E-state index contributed by atoms with van der Waals surface area (Å²) in [5.41, 5.74) is 2.56. The number of methoxy groups -OCH3 is 1. The van der Waals surface area contributed by atoms with Gasteiger partial charge in [-0.3, -0.25) is 9.69 Å². The van der Waals surface area contributed by atoms with Gasteiger partial charge in [0.25, 0.3) is 0 Å². The fourth-order valence-electron chi connectivity index (χ4n) is 4.44. The number of carbonyl (C=O) groups is 1. The third kappa shape index (κ3) is 4.00. The van der Waals surface area contributed by atoms with Crippen molar-refractivity contribution in [2.45, 2.75) is 24.3 Å². The van der Waals surface area contributed by atoms with E-state index in [1.807, 2.05) is 68.8 Å². The molecule has 5 rings (SSSR count). The molecule has 2 aromatic carbocycles. The van der Waals surface area contributed by atoms with E-state index in [4.69, 9.17) is 14.2 Å². The molecule has 3 aromatic rings. The van der Waals surface area contributed by atoms with Gasteiger partial charge in [-0.2, -0.15) is 0 Å². The predicted octanol–water partition coefficient (Wildman–Crippen LogP) is 4.14. The molecule has 1 amide bonds. The third-order valence-corrected chi connectivity index (χ3v) is 6.38. The number of nitrogens with zero attached hydrogens (tertiary/aromatic N) is 2. The smallest absolute Gasteiger partial charge is 0.236 e. The molecule has 1 saturated carbocycles. The highest BCUT2D eigenvalue weighted by Gasteiger charge is 2.51. The van der Waals surface area contributed by atoms with E-state index < -0.39 is 5.41 Å². The Balaban J connectivity index is 1.33. The van der Waals surface area contributed by atoms with Crippen LogP contribution < -0.4 is 19.5 Å². The molecule has 170 valence electrons. The Morgan fingerprint density at radius 1 is 1.06 bits per heavy atom. The molecule has 0 spiro atoms. The summed E-state index contributed by atoms with van der Waals surface area (Å²) >= 11 is 0. The second-order valence-electron chi connectivity index (χ2n) is 8.72. The Kier molecular flexibility index (Phi) is 5.42. The van der Waals surface area contributed by atoms with Crippen LogP contribution in [0.1, 0.15) is 35.6 Å². The third-order valence-electron chi connectivity index (χ3n) is 6.38. The maximum absolute atomic E-state index is 13.2. The summed E-state index contributed by atoms with van der Waals surface area (Å²) in [6, 6.07) is 17.6. The Morgan fingerprint density at radius 3 is 2.58 bits per heavy atom. The highest BCUT2D eigenvalue weighted by atomic mass is 16.7. The number of nitrogens with one attached hydrogen (secondary N) is 1. The van der Waals surface area contributed by atoms with Crippen molar-refractivity contribution >= 4 is 11.7 Å². The van der Waals surface area contributed by atoms with Crippen LogP contribution in [0.15, 0.2) is 60.8 Å². The number of hydrogen-bond acceptors (Lipinski definition) is 6. The summed E-state index contributed by atoms with van der Waals surface area (Å²) in [6.45, 7) is 0.220. The maximum Gasteiger partial charge on any atom is 0.236 e. The first-order valence-corrected chi connectivity index (χ1v) is 11.0. The average Bonchev–Trinajstić information content (AvgIpc) is 3.51. The number of anilines is 1. The van der Waals surface area contributed by atoms with Crippen molar-refractivity contribution < 1.29 is 19.0 Å². The van der Waals surface area contributed by atoms with Crippen molar-refractivity contribution in [3.63, 3.8) is 0 Å². The topological polar surface area (TPSA) is 72.9 Å². The van der Waals surface area contributed by atoms with Gasteiger partial charge in [0.1, 0.15) is 11.6 Å². The minimum absolute atomic E-state index is 0.0146. The van der Waals surface area contributed by atoms with Gasteiger partial charge in [-0.15, -0.1) is 0 Å². The SMILES string of the molecule is COc1cccc(C(c2ccc(NC(=O)C3(c4ccc5c(c4)OCO5)CC3)nc2)N(C)C)c1. The van der Waals surface area contributed by atoms with E-state index >= 15 is 0 Å². The lowest BCUT2D eigenvalue weighted by molar-refractivity contribution is -0.118. The van der Waals surface area contributed by atoms with E-state index in [0.717, 1.165) is 41.0 Å². The first kappa shape index (κ1) is 21.3. The predicted molar refractivity (Wildman–Crippen MR) is 125 cm³/mol. The molecule has 1 fully saturated rings. The maximum atomic E-state index is 13.2. The first-order chi connectivity index (χ1) is 16.0. The van der Waals surface area contributed by atoms with E-state index in [1.54, 1.807) is 7.11 Å². The molecular formula is C26H27N3O4. The molecule has 1 unspecified atom stereocenters. The molecular weight excluding hydrogens is 418 g/mol. The van der Waals surface area contributed by atoms with Gasteiger partial charge < -0.3 is 19.5 Å². The first-order valence-electron chi connectivity index (χ1n) is 11.0. The molecule has 0 saturated heterocycles. The van der Waals surface area contributed by atoms with Crippen LogP contribution in [-0.2, 0) is 10.2 Å². The number of rotatable bonds is 7. The standard InChI is InChI=1S/C26H27N3O4/c1-29(2)24(17-5-4-6-20(13-17)31-3)18-7-10-23(27-15-18)28-25(30)26(11-12-26)19-8-9-21-22(14-19)33-16-32-21/h4-10,13-15,24H,11-12,16H2,1-3H3,(H,27,28,30). The average molecular weight is 446 g/mol. The van der Waals surface area contributed by atoms with Crippen LogP contribution in [-0.4, -0.2) is 43.8 Å². The second-order valence-corrected chi connectivity index (χ2v) is 8.72. The summed E-state index contributed by atoms with van der Waals surface area (Å²) in [5, 5.41) is 3.01. The van der Waals surface area contributed by atoms with E-state index in [1.165, 1.54) is 0 Å². The number of pyridine rings is 1. The lowest BCUT2D eigenvalue weighted by Gasteiger charge is -2.25. The van der Waals surface area contributed by atoms with Gasteiger partial charge in [-0.25, -0.2) is 4.98 Å². The monoisotopic (exact) mass is 445 g/mol. The summed E-state index contributed by atoms with van der Waals surface area (Å²) < 4.78 is 16.3. The molecule has 2 heterocycles. The summed E-state index contributed by atoms with van der Waals surface area (Å²) in [7, 11) is 5.73. The van der Waals surface area contributed by atoms with Crippen molar-refractivity contribution in [1.29, 1.82) is 0 Å². The lowest BCUT2D eigenvalue weighted by atomic mass is 9.94. The molecule has 1 atom stereocenters. The molecule has 1 aliphatic carbocycles. The largest absolute Gasteiger partial charge is 0.497 e. The number of aromatic nitrogens is 1. The molecule has 33 heavy (non-hydrogen) atoms. The highest BCUT2D eigenvalue weighted by molar-refractivity contribution is 6.01. The highest BCUT2D eigenvalue weighted by Crippen LogP contribution is 2.51. The summed E-state index contributed by atoms with van der Waals surface area (Å²) in [4.78, 5) is 19.8. The molecule has 0 bridgehead atoms. The number of fused-ring (bicyclic) bond motifs is 1. The van der Waals surface area contributed by atoms with Crippen LogP contribution in [0.4, 0.5) is 5.82 Å². The number of amides is 1. The number of benzene rings is 2. The van der Waals surface area contributed by atoms with Crippen molar-refractivity contribution in [2.75, 3.05) is 33.3 Å². The van der Waals surface area contributed by atoms with Gasteiger partial charge in [0, 0.05) is 6.20 Å². The van der Waals surface area contributed by atoms with Crippen molar-refractivity contribution in [3.05, 3.63) is 77.5 Å². The van der Waals surface area contributed by atoms with E-state index in [2.05, 4.69) is 21.3 Å². The van der Waals surface area contributed by atoms with E-state index in [0.29, 0.717) is 11.6 Å². The number of ether oxygens (including phenoxy) is 3. The van der Waals surface area contributed by atoms with Crippen LogP contribution in [0.2, 0.25) is 0 Å². The zero-order valence-corrected chi connectivity index (χ0v) is 19.0. The minimum atomic E-state index is -0.534. The molecule has 1 N–H and O–H groups in total. The number of carbonyl (C=O) groups excluding carboxylic acids is 1. The van der Waals surface area contributed by atoms with Gasteiger partial charge in [0.05, 0.1) is 18.6 Å². The Morgan fingerprint density at radius 2 is 1.88 bits per heavy atom. The summed E-state index contributed by atoms with van der Waals surface area (Å²) in [6.07, 6.45) is 3.42. The van der Waals surface area contributed by atoms with Crippen molar-refractivity contribution in [2.24, 2.45) is 0 Å². The van der Waals surface area contributed by atoms with Gasteiger partial charge in [0.15, 0.2) is 11.5 Å². The van der Waals surface area contributed by atoms with Crippen LogP contribution in [0, 0.1) is 0 Å². The Labute approximate surface area is 193 Å². The van der Waals surface area contributed by atoms with Crippen molar-refractivity contribution in [1.82, 2.24) is 9.88 Å². The van der Waals surface area contributed by atoms with Crippen LogP contribution >= 0.6 is 0 Å². The normalized spacial score (nSPS) is 16.4. The van der Waals surface area contributed by atoms with Crippen molar-refractivity contribution in [3.8, 4) is 17.2 Å². The fourth-order valence-corrected chi connectivity index (χ4v) is 4.44. The summed E-state index contributed by atoms with van der Waals surface area (Å²) in [5.74, 6) is 2.73. The van der Waals surface area contributed by atoms with Crippen LogP contribution in [0.5, 0.6) is 17.2 Å². The van der Waals surface area contributed by atoms with Crippen LogP contribution in [0.3, 0.4) is 0 Å². The Bertz CT molecular complexity index is 1170. The number of hydrogen-bond donors (Lipinski definition) is 1. The van der Waals surface area contributed by atoms with Gasteiger partial charge in [0.2, 0.25) is 12.7 Å². The van der Waals surface area contributed by atoms with E-state index in [9.17, 15) is 4.79 Å². The van der Waals surface area contributed by atoms with Gasteiger partial charge >= 0.3 is 0 Å². The zero-order valence-electron chi connectivity index (χ0n) is 19.0. The van der Waals surface area contributed by atoms with Gasteiger partial charge in [-0.1, -0.05) is 24.3 Å². The zero-order chi connectivity index (χ0) is 23.0. The molecule has 2 aliphatic rings. The molecule has 7 nitrogen and oxygen atoms in total. The molecule has 0 radical (unpaired) electrons. The molecule has 1 aromatic heterocycles. The van der Waals surface area contributed by atoms with Crippen LogP contribution in [0.25, 0.3) is 0 Å². The van der Waals surface area contributed by atoms with E-state index in [-0.39, 0.29) is 18.7 Å². The fraction of sp³-hybridized carbons (Fsp3) is 0.308.